The Morgan fingerprint density at radius 2 is 1.96 bits per heavy atom. The Kier molecular flexibility index (Phi) is 4.28. The topological polar surface area (TPSA) is 106 Å². The second-order valence-electron chi connectivity index (χ2n) is 5.62. The highest BCUT2D eigenvalue weighted by Gasteiger charge is 2.09. The lowest BCUT2D eigenvalue weighted by Crippen LogP contribution is -1.95. The van der Waals surface area contributed by atoms with Gasteiger partial charge in [0.05, 0.1) is 16.7 Å². The van der Waals surface area contributed by atoms with E-state index in [4.69, 9.17) is 4.42 Å². The van der Waals surface area contributed by atoms with Crippen LogP contribution in [0.4, 0.5) is 11.5 Å². The van der Waals surface area contributed by atoms with Gasteiger partial charge in [-0.3, -0.25) is 15.5 Å². The highest BCUT2D eigenvalue weighted by Crippen LogP contribution is 2.25. The average Bonchev–Trinajstić information content (AvgIpc) is 3.17. The van der Waals surface area contributed by atoms with Crippen LogP contribution in [0.3, 0.4) is 0 Å². The lowest BCUT2D eigenvalue weighted by atomic mass is 10.1. The lowest BCUT2D eigenvalue weighted by Gasteiger charge is -2.02. The maximum atomic E-state index is 10.9. The van der Waals surface area contributed by atoms with E-state index < -0.39 is 4.92 Å². The van der Waals surface area contributed by atoms with Crippen molar-refractivity contribution >= 4 is 28.6 Å². The molecule has 1 N–H and O–H groups in total. The highest BCUT2D eigenvalue weighted by atomic mass is 16.6. The van der Waals surface area contributed by atoms with Gasteiger partial charge in [0, 0.05) is 23.1 Å². The molecule has 0 radical (unpaired) electrons. The first-order valence-corrected chi connectivity index (χ1v) is 8.04. The van der Waals surface area contributed by atoms with Gasteiger partial charge >= 0.3 is 0 Å². The van der Waals surface area contributed by atoms with Gasteiger partial charge in [0.15, 0.2) is 5.82 Å². The maximum absolute atomic E-state index is 10.9. The Hall–Kier alpha value is -4.07. The van der Waals surface area contributed by atoms with E-state index in [1.54, 1.807) is 24.3 Å². The van der Waals surface area contributed by atoms with Crippen LogP contribution in [-0.2, 0) is 0 Å². The summed E-state index contributed by atoms with van der Waals surface area (Å²) in [5.74, 6) is 1.61. The van der Waals surface area contributed by atoms with Crippen molar-refractivity contribution < 1.29 is 9.34 Å². The molecule has 2 aromatic heterocycles. The molecule has 0 aliphatic carbocycles. The van der Waals surface area contributed by atoms with Crippen molar-refractivity contribution in [1.29, 1.82) is 0 Å². The Morgan fingerprint density at radius 3 is 2.85 bits per heavy atom. The molecule has 0 aliphatic heterocycles. The van der Waals surface area contributed by atoms with Gasteiger partial charge in [0.2, 0.25) is 0 Å². The number of hydrazone groups is 1. The van der Waals surface area contributed by atoms with Gasteiger partial charge < -0.3 is 4.42 Å². The van der Waals surface area contributed by atoms with Crippen molar-refractivity contribution in [2.24, 2.45) is 5.10 Å². The molecule has 8 nitrogen and oxygen atoms in total. The summed E-state index contributed by atoms with van der Waals surface area (Å²) in [7, 11) is 0. The number of nitro benzene ring substituents is 1. The van der Waals surface area contributed by atoms with E-state index in [0.29, 0.717) is 22.9 Å². The van der Waals surface area contributed by atoms with Crippen molar-refractivity contribution in [2.45, 2.75) is 0 Å². The number of anilines is 1. The minimum absolute atomic E-state index is 0.0106. The van der Waals surface area contributed by atoms with E-state index in [2.05, 4.69) is 20.5 Å². The summed E-state index contributed by atoms with van der Waals surface area (Å²) in [6.45, 7) is 0. The molecule has 0 unspecified atom stereocenters. The fraction of sp³-hybridized carbons (Fsp3) is 0. The van der Waals surface area contributed by atoms with Crippen LogP contribution >= 0.6 is 0 Å². The molecule has 132 valence electrons. The van der Waals surface area contributed by atoms with Crippen LogP contribution in [0, 0.1) is 10.1 Å². The number of hydrogen-bond acceptors (Lipinski definition) is 7. The van der Waals surface area contributed by atoms with Gasteiger partial charge in [-0.15, -0.1) is 0 Å². The van der Waals surface area contributed by atoms with Crippen molar-refractivity contribution in [1.82, 2.24) is 9.97 Å². The van der Waals surface area contributed by atoms with Crippen molar-refractivity contribution in [3.63, 3.8) is 0 Å². The predicted molar refractivity (Wildman–Crippen MR) is 102 cm³/mol. The summed E-state index contributed by atoms with van der Waals surface area (Å²) in [6, 6.07) is 17.3. The summed E-state index contributed by atoms with van der Waals surface area (Å²) >= 11 is 0. The largest absolute Gasteiger partial charge is 0.455 e. The molecule has 0 aliphatic rings. The summed E-state index contributed by atoms with van der Waals surface area (Å²) in [4.78, 5) is 18.8. The average molecular weight is 359 g/mol. The number of hydrogen-bond donors (Lipinski definition) is 1. The lowest BCUT2D eigenvalue weighted by molar-refractivity contribution is -0.384. The molecule has 4 rings (SSSR count). The maximum Gasteiger partial charge on any atom is 0.270 e. The molecule has 0 atom stereocenters. The molecule has 0 bridgehead atoms. The monoisotopic (exact) mass is 359 g/mol. The normalized spacial score (nSPS) is 11.1. The summed E-state index contributed by atoms with van der Waals surface area (Å²) < 4.78 is 5.69. The molecular formula is C19H13N5O3. The highest BCUT2D eigenvalue weighted by molar-refractivity contribution is 5.89. The summed E-state index contributed by atoms with van der Waals surface area (Å²) in [5.41, 5.74) is 4.33. The Labute approximate surface area is 153 Å². The number of furan rings is 1. The smallest absolute Gasteiger partial charge is 0.270 e. The van der Waals surface area contributed by atoms with E-state index in [9.17, 15) is 10.1 Å². The van der Waals surface area contributed by atoms with E-state index >= 15 is 0 Å². The number of nitro groups is 1. The molecule has 4 aromatic rings. The van der Waals surface area contributed by atoms with Crippen LogP contribution in [0.5, 0.6) is 0 Å². The summed E-state index contributed by atoms with van der Waals surface area (Å²) in [6.07, 6.45) is 2.98. The number of fused-ring (bicyclic) bond motifs is 1. The van der Waals surface area contributed by atoms with Gasteiger partial charge in [-0.25, -0.2) is 9.97 Å². The number of aromatic nitrogens is 2. The third-order valence-electron chi connectivity index (χ3n) is 3.87. The van der Waals surface area contributed by atoms with E-state index in [-0.39, 0.29) is 5.69 Å². The molecule has 0 saturated heterocycles. The van der Waals surface area contributed by atoms with Gasteiger partial charge in [-0.1, -0.05) is 24.3 Å². The van der Waals surface area contributed by atoms with Crippen molar-refractivity contribution in [2.75, 3.05) is 5.43 Å². The second-order valence-corrected chi connectivity index (χ2v) is 5.62. The van der Waals surface area contributed by atoms with Crippen LogP contribution in [0.2, 0.25) is 0 Å². The van der Waals surface area contributed by atoms with Crippen LogP contribution in [0.15, 0.2) is 76.5 Å². The first-order valence-electron chi connectivity index (χ1n) is 8.04. The number of non-ortho nitro benzene ring substituents is 1. The van der Waals surface area contributed by atoms with Gasteiger partial charge in [-0.05, 0) is 24.3 Å². The van der Waals surface area contributed by atoms with Gasteiger partial charge in [-0.2, -0.15) is 5.10 Å². The molecule has 0 spiro atoms. The quantitative estimate of drug-likeness (QED) is 0.324. The van der Waals surface area contributed by atoms with Gasteiger partial charge in [0.1, 0.15) is 17.8 Å². The predicted octanol–water partition coefficient (Wildman–Crippen LogP) is 4.24. The fourth-order valence-electron chi connectivity index (χ4n) is 2.60. The van der Waals surface area contributed by atoms with Crippen molar-refractivity contribution in [3.05, 3.63) is 82.9 Å². The Morgan fingerprint density at radius 1 is 1.07 bits per heavy atom. The number of nitrogens with zero attached hydrogens (tertiary/aromatic N) is 4. The van der Waals surface area contributed by atoms with Crippen LogP contribution < -0.4 is 5.43 Å². The molecule has 27 heavy (non-hydrogen) atoms. The second kappa shape index (κ2) is 7.04. The molecule has 2 heterocycles. The van der Waals surface area contributed by atoms with Crippen molar-refractivity contribution in [3.8, 4) is 11.3 Å². The fourth-order valence-corrected chi connectivity index (χ4v) is 2.60. The van der Waals surface area contributed by atoms with Gasteiger partial charge in [0.25, 0.3) is 5.69 Å². The van der Waals surface area contributed by atoms with Crippen LogP contribution in [0.1, 0.15) is 5.76 Å². The molecule has 8 heteroatoms. The van der Waals surface area contributed by atoms with E-state index in [0.717, 1.165) is 10.9 Å². The minimum atomic E-state index is -0.440. The van der Waals surface area contributed by atoms with E-state index in [1.165, 1.54) is 24.7 Å². The third-order valence-corrected chi connectivity index (χ3v) is 3.87. The molecule has 0 saturated carbocycles. The number of rotatable bonds is 5. The SMILES string of the molecule is O=[N+]([O-])c1cccc(-c2ccc(/C=N\Nc3ncnc4ccccc34)o2)c1. The van der Waals surface area contributed by atoms with Crippen LogP contribution in [0.25, 0.3) is 22.2 Å². The van der Waals surface area contributed by atoms with Crippen LogP contribution in [-0.4, -0.2) is 21.1 Å². The molecule has 2 aromatic carbocycles. The molecule has 0 amide bonds. The molecular weight excluding hydrogens is 346 g/mol. The first-order chi connectivity index (χ1) is 13.2. The number of para-hydroxylation sites is 1. The third kappa shape index (κ3) is 3.49. The summed E-state index contributed by atoms with van der Waals surface area (Å²) in [5, 5.41) is 15.9. The zero-order valence-corrected chi connectivity index (χ0v) is 13.9. The standard InChI is InChI=1S/C19H13N5O3/c25-24(26)14-5-3-4-13(10-14)18-9-8-15(27-18)11-22-23-19-16-6-1-2-7-17(16)20-12-21-19/h1-12H,(H,20,21,23)/b22-11-. The Bertz CT molecular complexity index is 1150. The Balaban J connectivity index is 1.52. The van der Waals surface area contributed by atoms with E-state index in [1.807, 2.05) is 24.3 Å². The zero-order valence-electron chi connectivity index (χ0n) is 13.9. The zero-order chi connectivity index (χ0) is 18.6. The number of nitrogens with one attached hydrogen (secondary N) is 1. The number of benzene rings is 2. The molecule has 0 fully saturated rings. The first kappa shape index (κ1) is 16.4. The minimum Gasteiger partial charge on any atom is -0.455 e.